The number of nitrogens with zero attached hydrogens (tertiary/aromatic N) is 3. The van der Waals surface area contributed by atoms with Crippen LogP contribution in [0.25, 0.3) is 11.2 Å². The predicted octanol–water partition coefficient (Wildman–Crippen LogP) is 3.47. The van der Waals surface area contributed by atoms with E-state index in [4.69, 9.17) is 4.98 Å². The van der Waals surface area contributed by atoms with E-state index < -0.39 is 0 Å². The Morgan fingerprint density at radius 3 is 2.73 bits per heavy atom. The van der Waals surface area contributed by atoms with Gasteiger partial charge in [0.05, 0.1) is 6.54 Å². The molecule has 1 amide bonds. The summed E-state index contributed by atoms with van der Waals surface area (Å²) in [6.07, 6.45) is 7.57. The number of hydrogen-bond donors (Lipinski definition) is 1. The highest BCUT2D eigenvalue weighted by Crippen LogP contribution is 2.19. The molecule has 0 bridgehead atoms. The monoisotopic (exact) mass is 348 g/mol. The van der Waals surface area contributed by atoms with Gasteiger partial charge in [-0.15, -0.1) is 0 Å². The van der Waals surface area contributed by atoms with E-state index in [2.05, 4.69) is 27.0 Å². The largest absolute Gasteiger partial charge is 0.353 e. The number of hydrogen-bond acceptors (Lipinski definition) is 3. The molecule has 0 spiro atoms. The third kappa shape index (κ3) is 3.77. The lowest BCUT2D eigenvalue weighted by Crippen LogP contribution is -2.32. The number of aromatic nitrogens is 3. The van der Waals surface area contributed by atoms with Crippen molar-refractivity contribution in [3.63, 3.8) is 0 Å². The average molecular weight is 348 g/mol. The Kier molecular flexibility index (Phi) is 4.95. The van der Waals surface area contributed by atoms with E-state index in [9.17, 15) is 4.79 Å². The van der Waals surface area contributed by atoms with E-state index in [1.165, 1.54) is 18.4 Å². The van der Waals surface area contributed by atoms with Gasteiger partial charge in [0.2, 0.25) is 5.91 Å². The van der Waals surface area contributed by atoms with Crippen molar-refractivity contribution < 1.29 is 4.79 Å². The number of amides is 1. The molecule has 26 heavy (non-hydrogen) atoms. The molecule has 4 rings (SSSR count). The van der Waals surface area contributed by atoms with E-state index in [1.807, 2.05) is 30.3 Å². The molecule has 1 saturated carbocycles. The predicted molar refractivity (Wildman–Crippen MR) is 102 cm³/mol. The lowest BCUT2D eigenvalue weighted by molar-refractivity contribution is -0.121. The Morgan fingerprint density at radius 2 is 1.92 bits per heavy atom. The molecule has 134 valence electrons. The lowest BCUT2D eigenvalue weighted by atomic mass is 10.2. The second-order valence-corrected chi connectivity index (χ2v) is 6.99. The number of rotatable bonds is 6. The van der Waals surface area contributed by atoms with Crippen molar-refractivity contribution in [1.82, 2.24) is 19.9 Å². The van der Waals surface area contributed by atoms with E-state index in [0.717, 1.165) is 29.8 Å². The smallest absolute Gasteiger partial charge is 0.220 e. The third-order valence-electron chi connectivity index (χ3n) is 5.06. The fourth-order valence-electron chi connectivity index (χ4n) is 3.72. The maximum atomic E-state index is 12.3. The molecule has 1 aliphatic rings. The fraction of sp³-hybridized carbons (Fsp3) is 0.381. The molecule has 5 heteroatoms. The molecule has 2 heterocycles. The van der Waals surface area contributed by atoms with Crippen molar-refractivity contribution in [3.05, 3.63) is 60.0 Å². The molecule has 2 aromatic heterocycles. The second kappa shape index (κ2) is 7.68. The summed E-state index contributed by atoms with van der Waals surface area (Å²) in [5, 5.41) is 3.16. The number of fused-ring (bicyclic) bond motifs is 1. The number of carbonyl (C=O) groups is 1. The Hall–Kier alpha value is -2.69. The van der Waals surface area contributed by atoms with E-state index in [1.54, 1.807) is 6.20 Å². The summed E-state index contributed by atoms with van der Waals surface area (Å²) < 4.78 is 2.13. The molecule has 1 aromatic carbocycles. The lowest BCUT2D eigenvalue weighted by Gasteiger charge is -2.12. The quantitative estimate of drug-likeness (QED) is 0.742. The van der Waals surface area contributed by atoms with Gasteiger partial charge in [-0.05, 0) is 30.5 Å². The van der Waals surface area contributed by atoms with Crippen molar-refractivity contribution in [3.8, 4) is 0 Å². The van der Waals surface area contributed by atoms with Crippen molar-refractivity contribution in [1.29, 1.82) is 0 Å². The number of carbonyl (C=O) groups excluding carboxylic acids is 1. The van der Waals surface area contributed by atoms with E-state index in [-0.39, 0.29) is 5.91 Å². The van der Waals surface area contributed by atoms with Gasteiger partial charge >= 0.3 is 0 Å². The zero-order valence-electron chi connectivity index (χ0n) is 14.9. The fourth-order valence-corrected chi connectivity index (χ4v) is 3.72. The van der Waals surface area contributed by atoms with E-state index >= 15 is 0 Å². The topological polar surface area (TPSA) is 59.8 Å². The van der Waals surface area contributed by atoms with Crippen LogP contribution in [-0.2, 0) is 17.8 Å². The minimum Gasteiger partial charge on any atom is -0.353 e. The number of nitrogens with one attached hydrogen (secondary N) is 1. The van der Waals surface area contributed by atoms with Crippen LogP contribution in [0.2, 0.25) is 0 Å². The minimum atomic E-state index is 0.128. The highest BCUT2D eigenvalue weighted by atomic mass is 16.1. The van der Waals surface area contributed by atoms with Crippen molar-refractivity contribution in [2.24, 2.45) is 0 Å². The summed E-state index contributed by atoms with van der Waals surface area (Å²) in [5.41, 5.74) is 2.96. The average Bonchev–Trinajstić information content (AvgIpc) is 3.29. The SMILES string of the molecule is O=C(CCc1nc2cccnc2n1Cc1ccccc1)NC1CCCC1. The molecule has 5 nitrogen and oxygen atoms in total. The maximum absolute atomic E-state index is 12.3. The first-order valence-corrected chi connectivity index (χ1v) is 9.43. The molecule has 0 saturated heterocycles. The highest BCUT2D eigenvalue weighted by Gasteiger charge is 2.18. The van der Waals surface area contributed by atoms with E-state index in [0.29, 0.717) is 25.4 Å². The summed E-state index contributed by atoms with van der Waals surface area (Å²) in [6, 6.07) is 14.5. The zero-order valence-corrected chi connectivity index (χ0v) is 14.9. The molecule has 3 aromatic rings. The van der Waals surface area contributed by atoms with Gasteiger partial charge in [0.25, 0.3) is 0 Å². The molecule has 1 N–H and O–H groups in total. The van der Waals surface area contributed by atoms with Crippen LogP contribution >= 0.6 is 0 Å². The molecule has 0 unspecified atom stereocenters. The van der Waals surface area contributed by atoms with Crippen LogP contribution in [0.4, 0.5) is 0 Å². The molecular formula is C21H24N4O. The zero-order chi connectivity index (χ0) is 17.8. The van der Waals surface area contributed by atoms with Crippen LogP contribution in [0.3, 0.4) is 0 Å². The van der Waals surface area contributed by atoms with Gasteiger partial charge in [0.15, 0.2) is 5.65 Å². The molecule has 0 atom stereocenters. The van der Waals surface area contributed by atoms with Crippen LogP contribution in [0.5, 0.6) is 0 Å². The number of imidazole rings is 1. The van der Waals surface area contributed by atoms with Crippen molar-refractivity contribution in [2.45, 2.75) is 51.1 Å². The summed E-state index contributed by atoms with van der Waals surface area (Å²) in [7, 11) is 0. The third-order valence-corrected chi connectivity index (χ3v) is 5.06. The van der Waals surface area contributed by atoms with Gasteiger partial charge in [-0.25, -0.2) is 9.97 Å². The summed E-state index contributed by atoms with van der Waals surface area (Å²) in [4.78, 5) is 21.5. The van der Waals surface area contributed by atoms with Crippen LogP contribution in [0.1, 0.15) is 43.5 Å². The number of pyridine rings is 1. The van der Waals surface area contributed by atoms with Crippen LogP contribution < -0.4 is 5.32 Å². The standard InChI is InChI=1S/C21H24N4O/c26-20(23-17-9-4-5-10-17)13-12-19-24-18-11-6-14-22-21(18)25(19)15-16-7-2-1-3-8-16/h1-3,6-8,11,14,17H,4-5,9-10,12-13,15H2,(H,23,26). The molecule has 0 radical (unpaired) electrons. The first-order valence-electron chi connectivity index (χ1n) is 9.43. The normalized spacial score (nSPS) is 14.8. The summed E-state index contributed by atoms with van der Waals surface area (Å²) in [5.74, 6) is 1.05. The van der Waals surface area contributed by atoms with Crippen LogP contribution in [0.15, 0.2) is 48.7 Å². The maximum Gasteiger partial charge on any atom is 0.220 e. The van der Waals surface area contributed by atoms with Crippen LogP contribution in [-0.4, -0.2) is 26.5 Å². The van der Waals surface area contributed by atoms with Gasteiger partial charge in [-0.3, -0.25) is 4.79 Å². The van der Waals surface area contributed by atoms with Crippen molar-refractivity contribution >= 4 is 17.1 Å². The Bertz CT molecular complexity index is 881. The molecule has 1 aliphatic carbocycles. The molecule has 0 aliphatic heterocycles. The minimum absolute atomic E-state index is 0.128. The molecule has 1 fully saturated rings. The van der Waals surface area contributed by atoms with Crippen molar-refractivity contribution in [2.75, 3.05) is 0 Å². The van der Waals surface area contributed by atoms with Gasteiger partial charge < -0.3 is 9.88 Å². The summed E-state index contributed by atoms with van der Waals surface area (Å²) >= 11 is 0. The molecular weight excluding hydrogens is 324 g/mol. The summed E-state index contributed by atoms with van der Waals surface area (Å²) in [6.45, 7) is 0.716. The van der Waals surface area contributed by atoms with Crippen LogP contribution in [0, 0.1) is 0 Å². The second-order valence-electron chi connectivity index (χ2n) is 6.99. The first kappa shape index (κ1) is 16.8. The Labute approximate surface area is 153 Å². The Morgan fingerprint density at radius 1 is 1.12 bits per heavy atom. The van der Waals surface area contributed by atoms with Gasteiger partial charge in [0, 0.05) is 25.1 Å². The Balaban J connectivity index is 1.52. The van der Waals surface area contributed by atoms with Gasteiger partial charge in [0.1, 0.15) is 11.3 Å². The first-order chi connectivity index (χ1) is 12.8. The van der Waals surface area contributed by atoms with Gasteiger partial charge in [-0.1, -0.05) is 43.2 Å². The number of benzene rings is 1. The number of aryl methyl sites for hydroxylation is 1. The highest BCUT2D eigenvalue weighted by molar-refractivity contribution is 5.77. The van der Waals surface area contributed by atoms with Gasteiger partial charge in [-0.2, -0.15) is 0 Å².